The van der Waals surface area contributed by atoms with E-state index in [9.17, 15) is 9.59 Å². The molecule has 0 saturated carbocycles. The lowest BCUT2D eigenvalue weighted by molar-refractivity contribution is -0.143. The van der Waals surface area contributed by atoms with Crippen LogP contribution >= 0.6 is 11.3 Å². The zero-order chi connectivity index (χ0) is 24.7. The number of hydrogen-bond donors (Lipinski definition) is 0. The van der Waals surface area contributed by atoms with E-state index >= 15 is 0 Å². The Bertz CT molecular complexity index is 1270. The van der Waals surface area contributed by atoms with Crippen LogP contribution in [0.15, 0.2) is 41.4 Å². The predicted octanol–water partition coefficient (Wildman–Crippen LogP) is 3.44. The Balaban J connectivity index is 1.99. The molecule has 10 heteroatoms. The van der Waals surface area contributed by atoms with Crippen LogP contribution in [-0.4, -0.2) is 51.5 Å². The molecule has 1 heterocycles. The molecule has 0 fully saturated rings. The fourth-order valence-corrected chi connectivity index (χ4v) is 4.31. The molecular weight excluding hydrogens is 460 g/mol. The van der Waals surface area contributed by atoms with Gasteiger partial charge in [-0.25, -0.2) is 0 Å². The number of benzene rings is 2. The number of fused-ring (bicyclic) bond motifs is 1. The van der Waals surface area contributed by atoms with Crippen molar-refractivity contribution in [3.63, 3.8) is 0 Å². The van der Waals surface area contributed by atoms with Crippen LogP contribution < -0.4 is 23.7 Å². The molecule has 0 aliphatic rings. The number of carbonyl (C=O) groups excluding carboxylic acids is 2. The molecule has 0 radical (unpaired) electrons. The average molecular weight is 487 g/mol. The van der Waals surface area contributed by atoms with Crippen LogP contribution in [0.25, 0.3) is 16.3 Å². The van der Waals surface area contributed by atoms with Crippen molar-refractivity contribution in [3.8, 4) is 23.0 Å². The van der Waals surface area contributed by atoms with Crippen LogP contribution in [0.4, 0.5) is 0 Å². The van der Waals surface area contributed by atoms with Gasteiger partial charge in [0.25, 0.3) is 5.91 Å². The van der Waals surface area contributed by atoms with Crippen LogP contribution in [0.2, 0.25) is 0 Å². The fourth-order valence-electron chi connectivity index (χ4n) is 3.25. The topological polar surface area (TPSA) is 97.6 Å². The first-order valence-corrected chi connectivity index (χ1v) is 11.2. The summed E-state index contributed by atoms with van der Waals surface area (Å²) in [4.78, 5) is 29.4. The van der Waals surface area contributed by atoms with Crippen molar-refractivity contribution in [1.29, 1.82) is 0 Å². The number of hydrogen-bond acceptors (Lipinski definition) is 8. The van der Waals surface area contributed by atoms with Crippen LogP contribution in [-0.2, 0) is 20.9 Å². The number of esters is 1. The summed E-state index contributed by atoms with van der Waals surface area (Å²) in [7, 11) is 6.13. The van der Waals surface area contributed by atoms with Gasteiger partial charge in [-0.15, -0.1) is 0 Å². The van der Waals surface area contributed by atoms with E-state index in [0.29, 0.717) is 33.4 Å². The Hall–Kier alpha value is -3.79. The predicted molar refractivity (Wildman–Crippen MR) is 129 cm³/mol. The van der Waals surface area contributed by atoms with E-state index in [0.717, 1.165) is 10.2 Å². The third-order valence-corrected chi connectivity index (χ3v) is 5.83. The maximum absolute atomic E-state index is 12.7. The Morgan fingerprint density at radius 1 is 1.00 bits per heavy atom. The highest BCUT2D eigenvalue weighted by atomic mass is 32.1. The quantitative estimate of drug-likeness (QED) is 0.338. The molecule has 0 saturated heterocycles. The van der Waals surface area contributed by atoms with E-state index < -0.39 is 11.9 Å². The van der Waals surface area contributed by atoms with Gasteiger partial charge < -0.3 is 28.3 Å². The van der Waals surface area contributed by atoms with Crippen LogP contribution in [0.1, 0.15) is 12.5 Å². The minimum Gasteiger partial charge on any atom is -0.497 e. The first kappa shape index (κ1) is 24.8. The minimum absolute atomic E-state index is 0.0666. The smallest absolute Gasteiger partial charge is 0.326 e. The van der Waals surface area contributed by atoms with E-state index in [2.05, 4.69) is 4.99 Å². The van der Waals surface area contributed by atoms with Crippen molar-refractivity contribution in [2.75, 3.05) is 35.0 Å². The fraction of sp³-hybridized carbons (Fsp3) is 0.292. The van der Waals surface area contributed by atoms with Gasteiger partial charge in [0, 0.05) is 6.08 Å². The largest absolute Gasteiger partial charge is 0.497 e. The van der Waals surface area contributed by atoms with Gasteiger partial charge in [0.15, 0.2) is 16.3 Å². The van der Waals surface area contributed by atoms with Gasteiger partial charge in [0.05, 0.1) is 45.3 Å². The van der Waals surface area contributed by atoms with E-state index in [4.69, 9.17) is 23.7 Å². The molecule has 34 heavy (non-hydrogen) atoms. The van der Waals surface area contributed by atoms with Gasteiger partial charge in [0.2, 0.25) is 5.75 Å². The summed E-state index contributed by atoms with van der Waals surface area (Å²) in [6.45, 7) is 1.93. The summed E-state index contributed by atoms with van der Waals surface area (Å²) >= 11 is 1.28. The number of carbonyl (C=O) groups is 2. The average Bonchev–Trinajstić information content (AvgIpc) is 3.17. The molecule has 0 unspecified atom stereocenters. The second kappa shape index (κ2) is 11.4. The number of amides is 1. The second-order valence-corrected chi connectivity index (χ2v) is 7.86. The first-order chi connectivity index (χ1) is 16.4. The lowest BCUT2D eigenvalue weighted by Gasteiger charge is -2.12. The molecule has 0 N–H and O–H groups in total. The number of methoxy groups -OCH3 is 4. The summed E-state index contributed by atoms with van der Waals surface area (Å²) < 4.78 is 28.8. The Labute approximate surface area is 200 Å². The maximum atomic E-state index is 12.7. The highest BCUT2D eigenvalue weighted by molar-refractivity contribution is 7.16. The van der Waals surface area contributed by atoms with E-state index in [1.54, 1.807) is 42.9 Å². The minimum atomic E-state index is -0.495. The normalized spacial score (nSPS) is 11.6. The third-order valence-electron chi connectivity index (χ3n) is 4.79. The highest BCUT2D eigenvalue weighted by Crippen LogP contribution is 2.38. The van der Waals surface area contributed by atoms with Gasteiger partial charge >= 0.3 is 5.97 Å². The van der Waals surface area contributed by atoms with Crippen molar-refractivity contribution < 1.29 is 33.3 Å². The SMILES string of the molecule is CCOC(=O)Cn1c(=NC(=O)C=Cc2cc(OC)c(OC)c(OC)c2)sc2cc(OC)ccc21. The lowest BCUT2D eigenvalue weighted by atomic mass is 10.1. The Morgan fingerprint density at radius 3 is 2.29 bits per heavy atom. The summed E-state index contributed by atoms with van der Waals surface area (Å²) in [6.07, 6.45) is 2.93. The van der Waals surface area contributed by atoms with Crippen LogP contribution in [0, 0.1) is 0 Å². The molecule has 3 rings (SSSR count). The molecule has 0 atom stereocenters. The molecule has 2 aromatic carbocycles. The maximum Gasteiger partial charge on any atom is 0.326 e. The van der Waals surface area contributed by atoms with Gasteiger partial charge in [0.1, 0.15) is 12.3 Å². The van der Waals surface area contributed by atoms with E-state index in [-0.39, 0.29) is 13.2 Å². The molecule has 180 valence electrons. The van der Waals surface area contributed by atoms with Crippen molar-refractivity contribution in [2.45, 2.75) is 13.5 Å². The molecule has 0 spiro atoms. The monoisotopic (exact) mass is 486 g/mol. The molecule has 0 aliphatic carbocycles. The zero-order valence-corrected chi connectivity index (χ0v) is 20.4. The Morgan fingerprint density at radius 2 is 1.71 bits per heavy atom. The second-order valence-electron chi connectivity index (χ2n) is 6.85. The van der Waals surface area contributed by atoms with Crippen LogP contribution in [0.5, 0.6) is 23.0 Å². The van der Waals surface area contributed by atoms with Gasteiger partial charge in [-0.2, -0.15) is 4.99 Å². The number of nitrogens with zero attached hydrogens (tertiary/aromatic N) is 2. The number of aromatic nitrogens is 1. The third kappa shape index (κ3) is 5.57. The number of ether oxygens (including phenoxy) is 5. The molecular formula is C24H26N2O7S. The summed E-state index contributed by atoms with van der Waals surface area (Å²) in [5.74, 6) is 1.15. The number of rotatable bonds is 9. The van der Waals surface area contributed by atoms with Crippen molar-refractivity contribution >= 4 is 39.5 Å². The summed E-state index contributed by atoms with van der Waals surface area (Å²) in [6, 6.07) is 8.87. The van der Waals surface area contributed by atoms with Gasteiger partial charge in [-0.05, 0) is 48.9 Å². The standard InChI is InChI=1S/C24H26N2O7S/c1-6-33-22(28)14-26-17-9-8-16(29-2)13-20(17)34-24(26)25-21(27)10-7-15-11-18(30-3)23(32-5)19(12-15)31-4/h7-13H,6,14H2,1-5H3. The first-order valence-electron chi connectivity index (χ1n) is 10.3. The van der Waals surface area contributed by atoms with E-state index in [1.165, 1.54) is 38.7 Å². The van der Waals surface area contributed by atoms with Crippen LogP contribution in [0.3, 0.4) is 0 Å². The highest BCUT2D eigenvalue weighted by Gasteiger charge is 2.14. The van der Waals surface area contributed by atoms with Gasteiger partial charge in [-0.3, -0.25) is 9.59 Å². The molecule has 3 aromatic rings. The Kier molecular flexibility index (Phi) is 8.31. The van der Waals surface area contributed by atoms with Crippen molar-refractivity contribution in [3.05, 3.63) is 46.8 Å². The zero-order valence-electron chi connectivity index (χ0n) is 19.6. The summed E-state index contributed by atoms with van der Waals surface area (Å²) in [5, 5.41) is 0. The molecule has 9 nitrogen and oxygen atoms in total. The van der Waals surface area contributed by atoms with Crippen molar-refractivity contribution in [1.82, 2.24) is 4.57 Å². The molecule has 0 aliphatic heterocycles. The van der Waals surface area contributed by atoms with Gasteiger partial charge in [-0.1, -0.05) is 11.3 Å². The molecule has 0 bridgehead atoms. The lowest BCUT2D eigenvalue weighted by Crippen LogP contribution is -2.22. The van der Waals surface area contributed by atoms with E-state index in [1.807, 2.05) is 12.1 Å². The molecule has 1 aromatic heterocycles. The van der Waals surface area contributed by atoms with Crippen molar-refractivity contribution in [2.24, 2.45) is 4.99 Å². The summed E-state index contributed by atoms with van der Waals surface area (Å²) in [5.41, 5.74) is 1.41. The molecule has 1 amide bonds. The number of thiazole rings is 1.